The summed E-state index contributed by atoms with van der Waals surface area (Å²) < 4.78 is 5.15. The Balaban J connectivity index is 3.11. The van der Waals surface area contributed by atoms with Gasteiger partial charge >= 0.3 is 0 Å². The van der Waals surface area contributed by atoms with E-state index in [-0.39, 0.29) is 13.2 Å². The molecule has 0 atom stereocenters. The molecule has 0 unspecified atom stereocenters. The fourth-order valence-corrected chi connectivity index (χ4v) is 0.804. The molecule has 0 aliphatic heterocycles. The maximum atomic E-state index is 8.63. The number of hydrogen-bond donors (Lipinski definition) is 2. The van der Waals surface area contributed by atoms with E-state index in [4.69, 9.17) is 14.9 Å². The molecule has 0 spiro atoms. The second kappa shape index (κ2) is 8.71. The lowest BCUT2D eigenvalue weighted by Gasteiger charge is -2.11. The van der Waals surface area contributed by atoms with E-state index in [9.17, 15) is 0 Å². The minimum absolute atomic E-state index is 0.113. The van der Waals surface area contributed by atoms with Gasteiger partial charge in [0.05, 0.1) is 13.2 Å². The van der Waals surface area contributed by atoms with E-state index in [2.05, 4.69) is 6.58 Å². The molecular weight excluding hydrogens is 156 g/mol. The number of allylic oxidation sites excluding steroid dienone is 1. The lowest BCUT2D eigenvalue weighted by molar-refractivity contribution is -0.0206. The zero-order chi connectivity index (χ0) is 9.23. The Bertz CT molecular complexity index is 99.9. The molecule has 0 radical (unpaired) electrons. The molecule has 0 saturated carbocycles. The van der Waals surface area contributed by atoms with Crippen molar-refractivity contribution in [1.29, 1.82) is 0 Å². The van der Waals surface area contributed by atoms with Crippen molar-refractivity contribution in [1.82, 2.24) is 0 Å². The second-order valence-corrected chi connectivity index (χ2v) is 2.64. The minimum atomic E-state index is -0.409. The smallest absolute Gasteiger partial charge is 0.104 e. The zero-order valence-electron chi connectivity index (χ0n) is 7.41. The van der Waals surface area contributed by atoms with Crippen LogP contribution in [-0.2, 0) is 4.74 Å². The van der Waals surface area contributed by atoms with Gasteiger partial charge in [-0.1, -0.05) is 6.08 Å². The van der Waals surface area contributed by atoms with Gasteiger partial charge in [-0.25, -0.2) is 0 Å². The van der Waals surface area contributed by atoms with Crippen LogP contribution in [0.3, 0.4) is 0 Å². The highest BCUT2D eigenvalue weighted by Crippen LogP contribution is 1.98. The first kappa shape index (κ1) is 11.6. The fourth-order valence-electron chi connectivity index (χ4n) is 0.804. The summed E-state index contributed by atoms with van der Waals surface area (Å²) in [6, 6.07) is 0. The molecule has 0 aromatic carbocycles. The van der Waals surface area contributed by atoms with Crippen LogP contribution in [0.4, 0.5) is 0 Å². The van der Waals surface area contributed by atoms with Gasteiger partial charge in [-0.2, -0.15) is 0 Å². The summed E-state index contributed by atoms with van der Waals surface area (Å²) in [4.78, 5) is 0. The topological polar surface area (TPSA) is 49.7 Å². The standard InChI is InChI=1S/C9H18O3/c1-2-3-4-5-6-12-9(7-10)8-11/h2,9-11H,1,3-8H2. The molecule has 3 nitrogen and oxygen atoms in total. The molecule has 3 heteroatoms. The van der Waals surface area contributed by atoms with Crippen LogP contribution in [0.2, 0.25) is 0 Å². The summed E-state index contributed by atoms with van der Waals surface area (Å²) in [6.45, 7) is 3.98. The molecule has 2 N–H and O–H groups in total. The Hall–Kier alpha value is -0.380. The quantitative estimate of drug-likeness (QED) is 0.421. The van der Waals surface area contributed by atoms with E-state index < -0.39 is 6.10 Å². The Morgan fingerprint density at radius 1 is 1.25 bits per heavy atom. The summed E-state index contributed by atoms with van der Waals surface area (Å²) in [5.41, 5.74) is 0. The first-order valence-electron chi connectivity index (χ1n) is 4.29. The Kier molecular flexibility index (Phi) is 8.44. The molecule has 0 fully saturated rings. The van der Waals surface area contributed by atoms with Crippen molar-refractivity contribution in [2.45, 2.75) is 25.4 Å². The molecule has 0 amide bonds. The van der Waals surface area contributed by atoms with Gasteiger partial charge in [0.25, 0.3) is 0 Å². The van der Waals surface area contributed by atoms with Crippen LogP contribution in [-0.4, -0.2) is 36.1 Å². The monoisotopic (exact) mass is 174 g/mol. The van der Waals surface area contributed by atoms with Crippen LogP contribution in [0.5, 0.6) is 0 Å². The average molecular weight is 174 g/mol. The van der Waals surface area contributed by atoms with Crippen LogP contribution in [0, 0.1) is 0 Å². The Labute approximate surface area is 73.7 Å². The summed E-state index contributed by atoms with van der Waals surface area (Å²) in [5, 5.41) is 17.3. The molecule has 0 aromatic rings. The lowest BCUT2D eigenvalue weighted by Crippen LogP contribution is -2.22. The van der Waals surface area contributed by atoms with E-state index in [1.807, 2.05) is 6.08 Å². The fraction of sp³-hybridized carbons (Fsp3) is 0.778. The van der Waals surface area contributed by atoms with E-state index in [1.54, 1.807) is 0 Å². The molecule has 0 aliphatic rings. The summed E-state index contributed by atoms with van der Waals surface area (Å²) in [7, 11) is 0. The summed E-state index contributed by atoms with van der Waals surface area (Å²) >= 11 is 0. The van der Waals surface area contributed by atoms with Gasteiger partial charge < -0.3 is 14.9 Å². The molecule has 0 bridgehead atoms. The first-order valence-corrected chi connectivity index (χ1v) is 4.29. The van der Waals surface area contributed by atoms with Crippen molar-refractivity contribution < 1.29 is 14.9 Å². The highest BCUT2D eigenvalue weighted by molar-refractivity contribution is 4.65. The SMILES string of the molecule is C=CCCCCOC(CO)CO. The van der Waals surface area contributed by atoms with Crippen molar-refractivity contribution in [3.8, 4) is 0 Å². The molecule has 0 saturated heterocycles. The Morgan fingerprint density at radius 3 is 2.42 bits per heavy atom. The third-order valence-electron chi connectivity index (χ3n) is 1.56. The van der Waals surface area contributed by atoms with E-state index in [0.29, 0.717) is 6.61 Å². The van der Waals surface area contributed by atoms with Crippen LogP contribution >= 0.6 is 0 Å². The summed E-state index contributed by atoms with van der Waals surface area (Å²) in [5.74, 6) is 0. The number of aliphatic hydroxyl groups is 2. The third kappa shape index (κ3) is 6.34. The van der Waals surface area contributed by atoms with Crippen LogP contribution in [0.25, 0.3) is 0 Å². The van der Waals surface area contributed by atoms with Crippen molar-refractivity contribution in [2.24, 2.45) is 0 Å². The largest absolute Gasteiger partial charge is 0.394 e. The van der Waals surface area contributed by atoms with Crippen molar-refractivity contribution in [3.63, 3.8) is 0 Å². The van der Waals surface area contributed by atoms with Gasteiger partial charge in [-0.05, 0) is 19.3 Å². The zero-order valence-corrected chi connectivity index (χ0v) is 7.41. The van der Waals surface area contributed by atoms with Gasteiger partial charge in [-0.3, -0.25) is 0 Å². The maximum absolute atomic E-state index is 8.63. The number of aliphatic hydroxyl groups excluding tert-OH is 2. The number of rotatable bonds is 8. The molecule has 0 aliphatic carbocycles. The Morgan fingerprint density at radius 2 is 1.92 bits per heavy atom. The molecule has 72 valence electrons. The van der Waals surface area contributed by atoms with E-state index in [0.717, 1.165) is 19.3 Å². The number of hydrogen-bond acceptors (Lipinski definition) is 3. The van der Waals surface area contributed by atoms with Crippen LogP contribution < -0.4 is 0 Å². The molecule has 0 rings (SSSR count). The lowest BCUT2D eigenvalue weighted by atomic mass is 10.2. The molecule has 0 aromatic heterocycles. The molecule has 12 heavy (non-hydrogen) atoms. The van der Waals surface area contributed by atoms with Crippen LogP contribution in [0.1, 0.15) is 19.3 Å². The van der Waals surface area contributed by atoms with Gasteiger partial charge in [-0.15, -0.1) is 6.58 Å². The third-order valence-corrected chi connectivity index (χ3v) is 1.56. The highest BCUT2D eigenvalue weighted by Gasteiger charge is 2.03. The summed E-state index contributed by atoms with van der Waals surface area (Å²) in [6.07, 6.45) is 4.45. The normalized spacial score (nSPS) is 10.6. The molecule has 0 heterocycles. The van der Waals surface area contributed by atoms with Gasteiger partial charge in [0.1, 0.15) is 6.10 Å². The van der Waals surface area contributed by atoms with Crippen molar-refractivity contribution in [3.05, 3.63) is 12.7 Å². The number of unbranched alkanes of at least 4 members (excludes halogenated alkanes) is 2. The van der Waals surface area contributed by atoms with E-state index >= 15 is 0 Å². The predicted molar refractivity (Wildman–Crippen MR) is 48.0 cm³/mol. The van der Waals surface area contributed by atoms with Gasteiger partial charge in [0, 0.05) is 6.61 Å². The first-order chi connectivity index (χ1) is 5.85. The van der Waals surface area contributed by atoms with Gasteiger partial charge in [0.15, 0.2) is 0 Å². The minimum Gasteiger partial charge on any atom is -0.394 e. The second-order valence-electron chi connectivity index (χ2n) is 2.64. The average Bonchev–Trinajstić information content (AvgIpc) is 2.11. The maximum Gasteiger partial charge on any atom is 0.104 e. The molecular formula is C9H18O3. The van der Waals surface area contributed by atoms with E-state index in [1.165, 1.54) is 0 Å². The van der Waals surface area contributed by atoms with Crippen LogP contribution in [0.15, 0.2) is 12.7 Å². The van der Waals surface area contributed by atoms with Crippen molar-refractivity contribution >= 4 is 0 Å². The predicted octanol–water partition coefficient (Wildman–Crippen LogP) is 0.712. The van der Waals surface area contributed by atoms with Crippen molar-refractivity contribution in [2.75, 3.05) is 19.8 Å². The number of ether oxygens (including phenoxy) is 1. The highest BCUT2D eigenvalue weighted by atomic mass is 16.5. The van der Waals surface area contributed by atoms with Gasteiger partial charge in [0.2, 0.25) is 0 Å².